The molecule has 0 saturated heterocycles. The zero-order valence-corrected chi connectivity index (χ0v) is 11.1. The second-order valence-electron chi connectivity index (χ2n) is 4.65. The highest BCUT2D eigenvalue weighted by Crippen LogP contribution is 2.30. The largest absolute Gasteiger partial charge is 0.260 e. The van der Waals surface area contributed by atoms with Gasteiger partial charge < -0.3 is 0 Å². The number of benzene rings is 1. The van der Waals surface area contributed by atoms with Crippen molar-refractivity contribution < 1.29 is 0 Å². The van der Waals surface area contributed by atoms with Crippen LogP contribution >= 0.6 is 0 Å². The van der Waals surface area contributed by atoms with Crippen molar-refractivity contribution in [2.75, 3.05) is 0 Å². The van der Waals surface area contributed by atoms with E-state index in [2.05, 4.69) is 47.0 Å². The summed E-state index contributed by atoms with van der Waals surface area (Å²) in [4.78, 5) is 12.8. The fourth-order valence-corrected chi connectivity index (χ4v) is 2.40. The summed E-state index contributed by atoms with van der Waals surface area (Å²) in [5.74, 6) is 0. The minimum Gasteiger partial charge on any atom is -0.260 e. The first-order valence-corrected chi connectivity index (χ1v) is 6.43. The fraction of sp³-hybridized carbons (Fsp3) is 0.188. The number of aryl methyl sites for hydroxylation is 2. The number of pyridine rings is 1. The van der Waals surface area contributed by atoms with Crippen LogP contribution < -0.4 is 0 Å². The Morgan fingerprint density at radius 1 is 1.05 bits per heavy atom. The summed E-state index contributed by atoms with van der Waals surface area (Å²) in [6, 6.07) is 6.46. The summed E-state index contributed by atoms with van der Waals surface area (Å²) >= 11 is 0. The van der Waals surface area contributed by atoms with Gasteiger partial charge in [-0.15, -0.1) is 0 Å². The third kappa shape index (κ3) is 2.08. The van der Waals surface area contributed by atoms with Crippen LogP contribution in [0.25, 0.3) is 21.9 Å². The maximum Gasteiger partial charge on any atom is 0.115 e. The normalized spacial score (nSPS) is 10.8. The maximum absolute atomic E-state index is 4.59. The van der Waals surface area contributed by atoms with Gasteiger partial charge in [0.15, 0.2) is 0 Å². The Morgan fingerprint density at radius 3 is 2.58 bits per heavy atom. The summed E-state index contributed by atoms with van der Waals surface area (Å²) in [5, 5.41) is 2.38. The second kappa shape index (κ2) is 4.76. The quantitative estimate of drug-likeness (QED) is 0.697. The Labute approximate surface area is 112 Å². The van der Waals surface area contributed by atoms with Gasteiger partial charge in [-0.1, -0.05) is 24.6 Å². The summed E-state index contributed by atoms with van der Waals surface area (Å²) < 4.78 is 0. The molecule has 2 aromatic heterocycles. The molecule has 0 fully saturated rings. The second-order valence-corrected chi connectivity index (χ2v) is 4.65. The molecule has 0 N–H and O–H groups in total. The zero-order chi connectivity index (χ0) is 13.2. The number of nitrogens with zero attached hydrogens (tertiary/aromatic N) is 3. The first kappa shape index (κ1) is 11.8. The van der Waals surface area contributed by atoms with Crippen molar-refractivity contribution in [2.45, 2.75) is 20.3 Å². The van der Waals surface area contributed by atoms with Crippen LogP contribution in [0.2, 0.25) is 0 Å². The number of hydrogen-bond acceptors (Lipinski definition) is 3. The highest BCUT2D eigenvalue weighted by atomic mass is 14.8. The van der Waals surface area contributed by atoms with Crippen LogP contribution in [0, 0.1) is 6.92 Å². The van der Waals surface area contributed by atoms with Gasteiger partial charge in [-0.05, 0) is 24.8 Å². The van der Waals surface area contributed by atoms with Crippen LogP contribution in [0.3, 0.4) is 0 Å². The van der Waals surface area contributed by atoms with E-state index in [-0.39, 0.29) is 0 Å². The summed E-state index contributed by atoms with van der Waals surface area (Å²) in [7, 11) is 0. The molecule has 1 aromatic carbocycles. The highest BCUT2D eigenvalue weighted by molar-refractivity contribution is 5.97. The Bertz CT molecular complexity index is 721. The number of hydrogen-bond donors (Lipinski definition) is 0. The molecule has 0 atom stereocenters. The monoisotopic (exact) mass is 249 g/mol. The number of fused-ring (bicyclic) bond motifs is 1. The van der Waals surface area contributed by atoms with E-state index >= 15 is 0 Å². The lowest BCUT2D eigenvalue weighted by Crippen LogP contribution is -1.95. The molecule has 0 aliphatic rings. The first-order chi connectivity index (χ1) is 9.29. The first-order valence-electron chi connectivity index (χ1n) is 6.43. The Balaban J connectivity index is 2.37. The molecule has 3 heteroatoms. The highest BCUT2D eigenvalue weighted by Gasteiger charge is 2.10. The van der Waals surface area contributed by atoms with E-state index < -0.39 is 0 Å². The van der Waals surface area contributed by atoms with Crippen LogP contribution in [0.15, 0.2) is 43.1 Å². The van der Waals surface area contributed by atoms with Gasteiger partial charge in [0.25, 0.3) is 0 Å². The van der Waals surface area contributed by atoms with Gasteiger partial charge in [0.1, 0.15) is 6.33 Å². The molecule has 0 aliphatic heterocycles. The molecular weight excluding hydrogens is 234 g/mol. The lowest BCUT2D eigenvalue weighted by molar-refractivity contribution is 1.04. The molecule has 19 heavy (non-hydrogen) atoms. The fourth-order valence-electron chi connectivity index (χ4n) is 2.40. The molecule has 2 heterocycles. The van der Waals surface area contributed by atoms with Gasteiger partial charge in [-0.25, -0.2) is 9.97 Å². The summed E-state index contributed by atoms with van der Waals surface area (Å²) in [5.41, 5.74) is 4.52. The van der Waals surface area contributed by atoms with Crippen molar-refractivity contribution in [3.63, 3.8) is 0 Å². The van der Waals surface area contributed by atoms with E-state index in [0.29, 0.717) is 0 Å². The molecule has 0 saturated carbocycles. The van der Waals surface area contributed by atoms with Crippen molar-refractivity contribution in [1.82, 2.24) is 15.0 Å². The van der Waals surface area contributed by atoms with Crippen LogP contribution in [-0.4, -0.2) is 15.0 Å². The third-order valence-electron chi connectivity index (χ3n) is 3.31. The van der Waals surface area contributed by atoms with Gasteiger partial charge in [-0.2, -0.15) is 0 Å². The van der Waals surface area contributed by atoms with Crippen LogP contribution in [0.5, 0.6) is 0 Å². The standard InChI is InChI=1S/C16H15N3/c1-3-15-16(13-7-17-10-18-8-13)14-5-4-11(2)6-12(14)9-19-15/h4-10H,3H2,1-2H3. The van der Waals surface area contributed by atoms with E-state index in [9.17, 15) is 0 Å². The zero-order valence-electron chi connectivity index (χ0n) is 11.1. The van der Waals surface area contributed by atoms with E-state index in [0.717, 1.165) is 28.6 Å². The van der Waals surface area contributed by atoms with Crippen molar-refractivity contribution in [1.29, 1.82) is 0 Å². The molecule has 0 amide bonds. The molecule has 0 spiro atoms. The van der Waals surface area contributed by atoms with Gasteiger partial charge in [-0.3, -0.25) is 4.98 Å². The predicted molar refractivity (Wildman–Crippen MR) is 76.9 cm³/mol. The lowest BCUT2D eigenvalue weighted by atomic mass is 9.97. The Hall–Kier alpha value is -2.29. The lowest BCUT2D eigenvalue weighted by Gasteiger charge is -2.11. The topological polar surface area (TPSA) is 38.7 Å². The third-order valence-corrected chi connectivity index (χ3v) is 3.31. The number of rotatable bonds is 2. The molecule has 3 nitrogen and oxygen atoms in total. The van der Waals surface area contributed by atoms with E-state index in [4.69, 9.17) is 0 Å². The molecule has 3 rings (SSSR count). The smallest absolute Gasteiger partial charge is 0.115 e. The van der Waals surface area contributed by atoms with Crippen molar-refractivity contribution in [2.24, 2.45) is 0 Å². The Kier molecular flexibility index (Phi) is 2.95. The number of aromatic nitrogens is 3. The molecule has 3 aromatic rings. The molecule has 0 bridgehead atoms. The van der Waals surface area contributed by atoms with E-state index in [1.807, 2.05) is 18.6 Å². The van der Waals surface area contributed by atoms with Crippen LogP contribution in [-0.2, 0) is 6.42 Å². The molecule has 0 unspecified atom stereocenters. The SMILES string of the molecule is CCc1ncc2cc(C)ccc2c1-c1cncnc1. The van der Waals surface area contributed by atoms with Crippen molar-refractivity contribution in [3.8, 4) is 11.1 Å². The maximum atomic E-state index is 4.59. The average Bonchev–Trinajstić information content (AvgIpc) is 2.46. The van der Waals surface area contributed by atoms with Crippen molar-refractivity contribution in [3.05, 3.63) is 54.4 Å². The summed E-state index contributed by atoms with van der Waals surface area (Å²) in [6.45, 7) is 4.22. The molecule has 94 valence electrons. The van der Waals surface area contributed by atoms with Crippen LogP contribution in [0.4, 0.5) is 0 Å². The van der Waals surface area contributed by atoms with E-state index in [1.54, 1.807) is 6.33 Å². The molecule has 0 aliphatic carbocycles. The van der Waals surface area contributed by atoms with Gasteiger partial charge >= 0.3 is 0 Å². The van der Waals surface area contributed by atoms with Crippen LogP contribution in [0.1, 0.15) is 18.2 Å². The van der Waals surface area contributed by atoms with Crippen molar-refractivity contribution >= 4 is 10.8 Å². The Morgan fingerprint density at radius 2 is 1.84 bits per heavy atom. The molecular formula is C16H15N3. The van der Waals surface area contributed by atoms with Gasteiger partial charge in [0.05, 0.1) is 0 Å². The predicted octanol–water partition coefficient (Wildman–Crippen LogP) is 3.56. The van der Waals surface area contributed by atoms with Gasteiger partial charge in [0, 0.05) is 40.8 Å². The average molecular weight is 249 g/mol. The molecule has 0 radical (unpaired) electrons. The minimum absolute atomic E-state index is 0.897. The van der Waals surface area contributed by atoms with E-state index in [1.165, 1.54) is 10.9 Å². The van der Waals surface area contributed by atoms with Gasteiger partial charge in [0.2, 0.25) is 0 Å². The summed E-state index contributed by atoms with van der Waals surface area (Å²) in [6.07, 6.45) is 8.10. The minimum atomic E-state index is 0.897.